The summed E-state index contributed by atoms with van der Waals surface area (Å²) in [6.07, 6.45) is 6.19. The molecule has 0 aliphatic carbocycles. The number of aliphatic hydroxyl groups excluding tert-OH is 1. The maximum Gasteiger partial charge on any atom is 0.208 e. The van der Waals surface area contributed by atoms with E-state index in [1.807, 2.05) is 0 Å². The van der Waals surface area contributed by atoms with Gasteiger partial charge in [0.15, 0.2) is 0 Å². The van der Waals surface area contributed by atoms with E-state index in [-0.39, 0.29) is 6.61 Å². The van der Waals surface area contributed by atoms with Gasteiger partial charge in [0.1, 0.15) is 0 Å². The summed E-state index contributed by atoms with van der Waals surface area (Å²) in [5.41, 5.74) is 0. The third-order valence-electron chi connectivity index (χ3n) is 2.16. The Morgan fingerprint density at radius 2 is 1.56 bits per heavy atom. The molecule has 0 saturated heterocycles. The average Bonchev–Trinajstić information content (AvgIpc) is 2.19. The molecule has 3 N–H and O–H groups in total. The van der Waals surface area contributed by atoms with Gasteiger partial charge in [-0.25, -0.2) is 13.1 Å². The van der Waals surface area contributed by atoms with Gasteiger partial charge >= 0.3 is 0 Å². The zero-order valence-corrected chi connectivity index (χ0v) is 10.9. The summed E-state index contributed by atoms with van der Waals surface area (Å²) >= 11 is 0. The molecule has 0 saturated carbocycles. The van der Waals surface area contributed by atoms with Crippen LogP contribution in [0.5, 0.6) is 0 Å². The largest absolute Gasteiger partial charge is 0.396 e. The van der Waals surface area contributed by atoms with Gasteiger partial charge in [-0.1, -0.05) is 12.8 Å². The summed E-state index contributed by atoms with van der Waals surface area (Å²) in [4.78, 5) is 0. The highest BCUT2D eigenvalue weighted by atomic mass is 32.2. The number of rotatable bonds is 11. The van der Waals surface area contributed by atoms with Gasteiger partial charge in [-0.15, -0.1) is 0 Å². The minimum atomic E-state index is -3.03. The van der Waals surface area contributed by atoms with E-state index >= 15 is 0 Å². The first kappa shape index (κ1) is 15.8. The van der Waals surface area contributed by atoms with E-state index in [1.165, 1.54) is 6.26 Å². The van der Waals surface area contributed by atoms with Crippen molar-refractivity contribution in [2.24, 2.45) is 0 Å². The quantitative estimate of drug-likeness (QED) is 0.455. The molecule has 0 aromatic rings. The van der Waals surface area contributed by atoms with Crippen molar-refractivity contribution in [2.75, 3.05) is 32.5 Å². The molecule has 0 rings (SSSR count). The molecule has 0 aromatic heterocycles. The molecule has 98 valence electrons. The van der Waals surface area contributed by atoms with Crippen LogP contribution in [0.1, 0.15) is 32.1 Å². The van der Waals surface area contributed by atoms with Crippen LogP contribution in [-0.4, -0.2) is 46.0 Å². The van der Waals surface area contributed by atoms with Crippen LogP contribution in [0.25, 0.3) is 0 Å². The molecule has 5 nitrogen and oxygen atoms in total. The van der Waals surface area contributed by atoms with Gasteiger partial charge < -0.3 is 10.4 Å². The van der Waals surface area contributed by atoms with Crippen molar-refractivity contribution in [3.63, 3.8) is 0 Å². The Bertz CT molecular complexity index is 242. The standard InChI is InChI=1S/C10H24N2O3S/c1-16(14,15)12-9-6-8-11-7-4-2-3-5-10-13/h11-13H,2-10H2,1H3. The van der Waals surface area contributed by atoms with Crippen LogP contribution in [0.15, 0.2) is 0 Å². The van der Waals surface area contributed by atoms with Gasteiger partial charge in [0, 0.05) is 13.2 Å². The molecule has 16 heavy (non-hydrogen) atoms. The molecule has 6 heteroatoms. The Morgan fingerprint density at radius 1 is 0.938 bits per heavy atom. The minimum absolute atomic E-state index is 0.282. The van der Waals surface area contributed by atoms with E-state index in [9.17, 15) is 8.42 Å². The molecule has 0 aliphatic heterocycles. The van der Waals surface area contributed by atoms with Crippen molar-refractivity contribution in [3.8, 4) is 0 Å². The Kier molecular flexibility index (Phi) is 9.91. The predicted molar refractivity (Wildman–Crippen MR) is 65.9 cm³/mol. The molecule has 0 fully saturated rings. The second-order valence-electron chi connectivity index (χ2n) is 3.91. The second-order valence-corrected chi connectivity index (χ2v) is 5.74. The number of sulfonamides is 1. The Labute approximate surface area is 98.7 Å². The van der Waals surface area contributed by atoms with Gasteiger partial charge in [0.05, 0.1) is 6.26 Å². The van der Waals surface area contributed by atoms with Crippen LogP contribution in [0.3, 0.4) is 0 Å². The number of hydrogen-bond donors (Lipinski definition) is 3. The van der Waals surface area contributed by atoms with E-state index in [4.69, 9.17) is 5.11 Å². The monoisotopic (exact) mass is 252 g/mol. The lowest BCUT2D eigenvalue weighted by Crippen LogP contribution is -2.26. The summed E-state index contributed by atoms with van der Waals surface area (Å²) in [5, 5.41) is 11.8. The van der Waals surface area contributed by atoms with Crippen LogP contribution >= 0.6 is 0 Å². The van der Waals surface area contributed by atoms with E-state index in [0.29, 0.717) is 6.54 Å². The smallest absolute Gasteiger partial charge is 0.208 e. The molecule has 0 aliphatic rings. The fourth-order valence-electron chi connectivity index (χ4n) is 1.31. The third-order valence-corrected chi connectivity index (χ3v) is 2.88. The molecular weight excluding hydrogens is 228 g/mol. The molecule has 0 radical (unpaired) electrons. The lowest BCUT2D eigenvalue weighted by molar-refractivity contribution is 0.282. The molecule has 0 spiro atoms. The first-order valence-corrected chi connectivity index (χ1v) is 7.71. The highest BCUT2D eigenvalue weighted by molar-refractivity contribution is 7.88. The first-order valence-electron chi connectivity index (χ1n) is 5.82. The fourth-order valence-corrected chi connectivity index (χ4v) is 1.83. The van der Waals surface area contributed by atoms with Crippen molar-refractivity contribution >= 4 is 10.0 Å². The Morgan fingerprint density at radius 3 is 2.19 bits per heavy atom. The molecule has 0 atom stereocenters. The van der Waals surface area contributed by atoms with Crippen molar-refractivity contribution in [1.82, 2.24) is 10.0 Å². The average molecular weight is 252 g/mol. The molecule has 0 heterocycles. The van der Waals surface area contributed by atoms with E-state index in [1.54, 1.807) is 0 Å². The molecule has 0 aromatic carbocycles. The van der Waals surface area contributed by atoms with Crippen LogP contribution in [0.4, 0.5) is 0 Å². The third kappa shape index (κ3) is 13.8. The van der Waals surface area contributed by atoms with Gasteiger partial charge in [-0.3, -0.25) is 0 Å². The summed E-state index contributed by atoms with van der Waals surface area (Å²) in [6.45, 7) is 2.58. The van der Waals surface area contributed by atoms with Gasteiger partial charge in [0.2, 0.25) is 10.0 Å². The van der Waals surface area contributed by atoms with Crippen molar-refractivity contribution in [2.45, 2.75) is 32.1 Å². The lowest BCUT2D eigenvalue weighted by atomic mass is 10.2. The number of aliphatic hydroxyl groups is 1. The summed E-state index contributed by atoms with van der Waals surface area (Å²) in [5.74, 6) is 0. The second kappa shape index (κ2) is 10.0. The van der Waals surface area contributed by atoms with Crippen LogP contribution in [-0.2, 0) is 10.0 Å². The van der Waals surface area contributed by atoms with Gasteiger partial charge in [0.25, 0.3) is 0 Å². The van der Waals surface area contributed by atoms with Crippen molar-refractivity contribution in [1.29, 1.82) is 0 Å². The molecule has 0 amide bonds. The highest BCUT2D eigenvalue weighted by Crippen LogP contribution is 1.97. The maximum absolute atomic E-state index is 10.7. The number of hydrogen-bond acceptors (Lipinski definition) is 4. The fraction of sp³-hybridized carbons (Fsp3) is 1.00. The zero-order chi connectivity index (χ0) is 12.3. The summed E-state index contributed by atoms with van der Waals surface area (Å²) < 4.78 is 23.9. The molecular formula is C10H24N2O3S. The first-order chi connectivity index (χ1) is 7.56. The SMILES string of the molecule is CS(=O)(=O)NCCCNCCCCCCO. The Balaban J connectivity index is 3.05. The Hall–Kier alpha value is -0.170. The van der Waals surface area contributed by atoms with Gasteiger partial charge in [-0.2, -0.15) is 0 Å². The summed E-state index contributed by atoms with van der Waals surface area (Å²) in [6, 6.07) is 0. The molecule has 0 unspecified atom stereocenters. The van der Waals surface area contributed by atoms with Crippen LogP contribution in [0, 0.1) is 0 Å². The minimum Gasteiger partial charge on any atom is -0.396 e. The topological polar surface area (TPSA) is 78.4 Å². The van der Waals surface area contributed by atoms with Crippen molar-refractivity contribution < 1.29 is 13.5 Å². The normalized spacial score (nSPS) is 11.9. The number of unbranched alkanes of at least 4 members (excludes halogenated alkanes) is 3. The maximum atomic E-state index is 10.7. The molecule has 0 bridgehead atoms. The predicted octanol–water partition coefficient (Wildman–Crippen LogP) is 0.0680. The van der Waals surface area contributed by atoms with E-state index < -0.39 is 10.0 Å². The number of nitrogens with one attached hydrogen (secondary N) is 2. The van der Waals surface area contributed by atoms with E-state index in [0.717, 1.165) is 45.2 Å². The van der Waals surface area contributed by atoms with Crippen molar-refractivity contribution in [3.05, 3.63) is 0 Å². The summed E-state index contributed by atoms with van der Waals surface area (Å²) in [7, 11) is -3.03. The van der Waals surface area contributed by atoms with Crippen LogP contribution in [0.2, 0.25) is 0 Å². The zero-order valence-electron chi connectivity index (χ0n) is 10.0. The van der Waals surface area contributed by atoms with Crippen LogP contribution < -0.4 is 10.0 Å². The van der Waals surface area contributed by atoms with E-state index in [2.05, 4.69) is 10.0 Å². The lowest BCUT2D eigenvalue weighted by Gasteiger charge is -2.05. The highest BCUT2D eigenvalue weighted by Gasteiger charge is 1.97. The van der Waals surface area contributed by atoms with Gasteiger partial charge in [-0.05, 0) is 32.4 Å².